The highest BCUT2D eigenvalue weighted by Gasteiger charge is 2.33. The molecule has 0 bridgehead atoms. The van der Waals surface area contributed by atoms with Gasteiger partial charge in [0.15, 0.2) is 0 Å². The number of aromatic amines is 1. The van der Waals surface area contributed by atoms with Crippen molar-refractivity contribution < 1.29 is 9.53 Å². The summed E-state index contributed by atoms with van der Waals surface area (Å²) in [6.45, 7) is 7.25. The number of hydrogen-bond donors (Lipinski definition) is 2. The van der Waals surface area contributed by atoms with Crippen LogP contribution in [0.15, 0.2) is 35.3 Å². The van der Waals surface area contributed by atoms with Gasteiger partial charge in [-0.1, -0.05) is 20.8 Å². The van der Waals surface area contributed by atoms with E-state index >= 15 is 0 Å². The standard InChI is InChI=1S/C20H27N3O3/c1-20(2,3)17(21)19(25)23-10-7-14(8-11-23)26-15-4-5-16-13(12-15)6-9-22-18(16)24/h4-6,9,12,14,17H,7-8,10-11,21H2,1-3H3,(H,22,24). The van der Waals surface area contributed by atoms with Crippen LogP contribution in [0.4, 0.5) is 0 Å². The van der Waals surface area contributed by atoms with Crippen molar-refractivity contribution in [3.05, 3.63) is 40.8 Å². The van der Waals surface area contributed by atoms with E-state index in [1.54, 1.807) is 12.3 Å². The highest BCUT2D eigenvalue weighted by atomic mass is 16.5. The van der Waals surface area contributed by atoms with Gasteiger partial charge in [-0.15, -0.1) is 0 Å². The number of nitrogens with one attached hydrogen (secondary N) is 1. The van der Waals surface area contributed by atoms with Crippen molar-refractivity contribution in [2.24, 2.45) is 11.1 Å². The smallest absolute Gasteiger partial charge is 0.255 e. The summed E-state index contributed by atoms with van der Waals surface area (Å²) in [5.74, 6) is 0.764. The van der Waals surface area contributed by atoms with E-state index in [0.717, 1.165) is 24.0 Å². The minimum Gasteiger partial charge on any atom is -0.490 e. The van der Waals surface area contributed by atoms with Gasteiger partial charge in [-0.3, -0.25) is 9.59 Å². The summed E-state index contributed by atoms with van der Waals surface area (Å²) in [7, 11) is 0. The number of piperidine rings is 1. The zero-order chi connectivity index (χ0) is 18.9. The normalized spacial score (nSPS) is 17.3. The highest BCUT2D eigenvalue weighted by molar-refractivity contribution is 5.83. The van der Waals surface area contributed by atoms with Crippen LogP contribution in [0, 0.1) is 5.41 Å². The maximum Gasteiger partial charge on any atom is 0.255 e. The van der Waals surface area contributed by atoms with Crippen molar-refractivity contribution in [3.8, 4) is 5.75 Å². The largest absolute Gasteiger partial charge is 0.490 e. The Kier molecular flexibility index (Phi) is 5.05. The van der Waals surface area contributed by atoms with Gasteiger partial charge in [-0.25, -0.2) is 0 Å². The number of amides is 1. The molecule has 3 rings (SSSR count). The molecule has 1 aliphatic rings. The molecule has 2 aromatic rings. The van der Waals surface area contributed by atoms with E-state index in [0.29, 0.717) is 18.5 Å². The molecule has 140 valence electrons. The Morgan fingerprint density at radius 3 is 2.62 bits per heavy atom. The molecule has 1 amide bonds. The summed E-state index contributed by atoms with van der Waals surface area (Å²) in [4.78, 5) is 28.8. The molecule has 1 fully saturated rings. The lowest BCUT2D eigenvalue weighted by Gasteiger charge is -2.36. The number of hydrogen-bond acceptors (Lipinski definition) is 4. The first-order valence-electron chi connectivity index (χ1n) is 9.08. The van der Waals surface area contributed by atoms with Crippen LogP contribution in [0.2, 0.25) is 0 Å². The Bertz CT molecular complexity index is 845. The summed E-state index contributed by atoms with van der Waals surface area (Å²) < 4.78 is 6.08. The van der Waals surface area contributed by atoms with Gasteiger partial charge in [0.1, 0.15) is 11.9 Å². The molecule has 1 unspecified atom stereocenters. The summed E-state index contributed by atoms with van der Waals surface area (Å²) in [5.41, 5.74) is 5.75. The molecule has 26 heavy (non-hydrogen) atoms. The van der Waals surface area contributed by atoms with Crippen LogP contribution in [0.3, 0.4) is 0 Å². The Balaban J connectivity index is 1.61. The van der Waals surface area contributed by atoms with Gasteiger partial charge in [0.05, 0.1) is 6.04 Å². The summed E-state index contributed by atoms with van der Waals surface area (Å²) in [6, 6.07) is 6.87. The number of fused-ring (bicyclic) bond motifs is 1. The number of nitrogens with two attached hydrogens (primary N) is 1. The van der Waals surface area contributed by atoms with Gasteiger partial charge in [0, 0.05) is 37.5 Å². The fraction of sp³-hybridized carbons (Fsp3) is 0.500. The van der Waals surface area contributed by atoms with Crippen LogP contribution in [-0.4, -0.2) is 41.0 Å². The second-order valence-corrected chi connectivity index (χ2v) is 8.04. The molecule has 3 N–H and O–H groups in total. The number of rotatable bonds is 3. The maximum atomic E-state index is 12.5. The lowest BCUT2D eigenvalue weighted by molar-refractivity contribution is -0.136. The molecular formula is C20H27N3O3. The number of carbonyl (C=O) groups is 1. The second-order valence-electron chi connectivity index (χ2n) is 8.04. The van der Waals surface area contributed by atoms with Crippen LogP contribution in [0.1, 0.15) is 33.6 Å². The van der Waals surface area contributed by atoms with Crippen LogP contribution in [-0.2, 0) is 4.79 Å². The molecule has 0 aliphatic carbocycles. The van der Waals surface area contributed by atoms with Crippen molar-refractivity contribution in [1.29, 1.82) is 0 Å². The zero-order valence-electron chi connectivity index (χ0n) is 15.6. The van der Waals surface area contributed by atoms with Crippen LogP contribution < -0.4 is 16.0 Å². The molecule has 0 spiro atoms. The minimum absolute atomic E-state index is 0.0147. The Morgan fingerprint density at radius 1 is 1.27 bits per heavy atom. The van der Waals surface area contributed by atoms with Gasteiger partial charge >= 0.3 is 0 Å². The lowest BCUT2D eigenvalue weighted by Crippen LogP contribution is -2.53. The molecule has 0 saturated carbocycles. The number of aromatic nitrogens is 1. The van der Waals surface area contributed by atoms with Crippen molar-refractivity contribution >= 4 is 16.7 Å². The average molecular weight is 357 g/mol. The maximum absolute atomic E-state index is 12.5. The molecule has 1 atom stereocenters. The molecule has 1 saturated heterocycles. The molecular weight excluding hydrogens is 330 g/mol. The van der Waals surface area contributed by atoms with E-state index in [1.807, 2.05) is 43.9 Å². The predicted molar refractivity (Wildman–Crippen MR) is 102 cm³/mol. The number of H-pyrrole nitrogens is 1. The third-order valence-corrected chi connectivity index (χ3v) is 5.00. The third-order valence-electron chi connectivity index (χ3n) is 5.00. The molecule has 1 aliphatic heterocycles. The number of pyridine rings is 1. The summed E-state index contributed by atoms with van der Waals surface area (Å²) in [5, 5.41) is 1.51. The van der Waals surface area contributed by atoms with E-state index in [-0.39, 0.29) is 23.0 Å². The SMILES string of the molecule is CC(C)(C)C(N)C(=O)N1CCC(Oc2ccc3c(=O)[nH]ccc3c2)CC1. The van der Waals surface area contributed by atoms with Gasteiger partial charge in [0.25, 0.3) is 5.56 Å². The van der Waals surface area contributed by atoms with Crippen molar-refractivity contribution in [2.75, 3.05) is 13.1 Å². The monoisotopic (exact) mass is 357 g/mol. The van der Waals surface area contributed by atoms with Crippen molar-refractivity contribution in [3.63, 3.8) is 0 Å². The zero-order valence-corrected chi connectivity index (χ0v) is 15.6. The number of ether oxygens (including phenoxy) is 1. The first-order valence-corrected chi connectivity index (χ1v) is 9.08. The minimum atomic E-state index is -0.487. The van der Waals surface area contributed by atoms with E-state index in [9.17, 15) is 9.59 Å². The first kappa shape index (κ1) is 18.5. The van der Waals surface area contributed by atoms with Gasteiger partial charge in [0.2, 0.25) is 5.91 Å². The van der Waals surface area contributed by atoms with Crippen LogP contribution in [0.5, 0.6) is 5.75 Å². The Hall–Kier alpha value is -2.34. The van der Waals surface area contributed by atoms with Gasteiger partial charge in [-0.05, 0) is 35.1 Å². The van der Waals surface area contributed by atoms with E-state index < -0.39 is 6.04 Å². The predicted octanol–water partition coefficient (Wildman–Crippen LogP) is 2.27. The molecule has 6 nitrogen and oxygen atoms in total. The Morgan fingerprint density at radius 2 is 1.96 bits per heavy atom. The van der Waals surface area contributed by atoms with Crippen molar-refractivity contribution in [1.82, 2.24) is 9.88 Å². The van der Waals surface area contributed by atoms with Gasteiger partial charge in [-0.2, -0.15) is 0 Å². The fourth-order valence-corrected chi connectivity index (χ4v) is 3.20. The second kappa shape index (κ2) is 7.11. The van der Waals surface area contributed by atoms with Crippen LogP contribution >= 0.6 is 0 Å². The quantitative estimate of drug-likeness (QED) is 0.882. The number of likely N-dealkylation sites (tertiary alicyclic amines) is 1. The number of nitrogens with zero attached hydrogens (tertiary/aromatic N) is 1. The molecule has 6 heteroatoms. The Labute approximate surface area is 153 Å². The van der Waals surface area contributed by atoms with E-state index in [1.165, 1.54) is 0 Å². The van der Waals surface area contributed by atoms with Crippen LogP contribution in [0.25, 0.3) is 10.8 Å². The van der Waals surface area contributed by atoms with E-state index in [2.05, 4.69) is 4.98 Å². The lowest BCUT2D eigenvalue weighted by atomic mass is 9.86. The highest BCUT2D eigenvalue weighted by Crippen LogP contribution is 2.24. The summed E-state index contributed by atoms with van der Waals surface area (Å²) in [6.07, 6.45) is 3.24. The third kappa shape index (κ3) is 3.90. The average Bonchev–Trinajstić information content (AvgIpc) is 2.60. The number of carbonyl (C=O) groups excluding carboxylic acids is 1. The topological polar surface area (TPSA) is 88.4 Å². The summed E-state index contributed by atoms with van der Waals surface area (Å²) >= 11 is 0. The van der Waals surface area contributed by atoms with E-state index in [4.69, 9.17) is 10.5 Å². The van der Waals surface area contributed by atoms with Gasteiger partial charge < -0.3 is 20.4 Å². The van der Waals surface area contributed by atoms with Crippen molar-refractivity contribution in [2.45, 2.75) is 45.8 Å². The molecule has 1 aromatic heterocycles. The molecule has 1 aromatic carbocycles. The number of benzene rings is 1. The fourth-order valence-electron chi connectivity index (χ4n) is 3.20. The first-order chi connectivity index (χ1) is 12.3. The molecule has 0 radical (unpaired) electrons. The molecule has 2 heterocycles.